The van der Waals surface area contributed by atoms with Gasteiger partial charge in [0.2, 0.25) is 10.0 Å². The molecule has 1 unspecified atom stereocenters. The number of rotatable bonds is 10. The molecule has 1 rings (SSSR count). The quantitative estimate of drug-likeness (QED) is 0.247. The van der Waals surface area contributed by atoms with Crippen molar-refractivity contribution >= 4 is 40.0 Å². The normalized spacial score (nSPS) is 13.0. The molecule has 1 aromatic carbocycles. The van der Waals surface area contributed by atoms with Crippen LogP contribution in [0.15, 0.2) is 23.2 Å². The lowest BCUT2D eigenvalue weighted by molar-refractivity contribution is 0.191. The Balaban J connectivity index is 0.00000729. The number of ether oxygens (including phenoxy) is 1. The zero-order valence-electron chi connectivity index (χ0n) is 17.5. The molecule has 0 bridgehead atoms. The molecule has 162 valence electrons. The third-order valence-corrected chi connectivity index (χ3v) is 4.56. The Kier molecular flexibility index (Phi) is 12.7. The molecule has 1 atom stereocenters. The number of aryl methyl sites for hydroxylation is 1. The maximum Gasteiger partial charge on any atom is 0.210 e. The largest absolute Gasteiger partial charge is 0.490 e. The average Bonchev–Trinajstić information content (AvgIpc) is 2.51. The van der Waals surface area contributed by atoms with Gasteiger partial charge in [0.05, 0.1) is 18.4 Å². The van der Waals surface area contributed by atoms with Crippen LogP contribution in [-0.2, 0) is 16.6 Å². The van der Waals surface area contributed by atoms with Gasteiger partial charge in [-0.05, 0) is 44.7 Å². The summed E-state index contributed by atoms with van der Waals surface area (Å²) in [6.07, 6.45) is 1.10. The van der Waals surface area contributed by atoms with Gasteiger partial charge in [-0.2, -0.15) is 0 Å². The van der Waals surface area contributed by atoms with E-state index >= 15 is 0 Å². The van der Waals surface area contributed by atoms with E-state index in [1.807, 2.05) is 32.0 Å². The second kappa shape index (κ2) is 13.2. The Hall–Kier alpha value is -1.07. The van der Waals surface area contributed by atoms with Crippen LogP contribution < -0.4 is 20.5 Å². The van der Waals surface area contributed by atoms with E-state index in [0.717, 1.165) is 23.3 Å². The standard InChI is InChI=1S/C19H34N4O3S.HI/c1-6-21-19(22-9-10-27(20,24)25)23-13-17-8-7-15(4)12-18(17)26-16(5)11-14(2)3;/h7-8,12,14,16H,6,9-11,13H2,1-5H3,(H2,20,24,25)(H2,21,22,23);1H. The van der Waals surface area contributed by atoms with Crippen LogP contribution in [0.3, 0.4) is 0 Å². The number of nitrogens with one attached hydrogen (secondary N) is 2. The van der Waals surface area contributed by atoms with Crippen molar-refractivity contribution in [3.8, 4) is 5.75 Å². The molecule has 0 spiro atoms. The van der Waals surface area contributed by atoms with Crippen molar-refractivity contribution in [1.82, 2.24) is 10.6 Å². The van der Waals surface area contributed by atoms with Crippen molar-refractivity contribution in [2.45, 2.75) is 53.7 Å². The number of nitrogens with zero attached hydrogens (tertiary/aromatic N) is 1. The second-order valence-electron chi connectivity index (χ2n) is 7.16. The first-order valence-corrected chi connectivity index (χ1v) is 11.1. The average molecular weight is 526 g/mol. The number of guanidine groups is 1. The number of hydrogen-bond acceptors (Lipinski definition) is 4. The molecule has 0 radical (unpaired) electrons. The van der Waals surface area contributed by atoms with Crippen LogP contribution >= 0.6 is 24.0 Å². The monoisotopic (exact) mass is 526 g/mol. The van der Waals surface area contributed by atoms with E-state index in [1.165, 1.54) is 0 Å². The number of aliphatic imine (C=N–C) groups is 1. The van der Waals surface area contributed by atoms with E-state index in [0.29, 0.717) is 25.0 Å². The Bertz CT molecular complexity index is 724. The van der Waals surface area contributed by atoms with E-state index in [2.05, 4.69) is 36.4 Å². The summed E-state index contributed by atoms with van der Waals surface area (Å²) in [7, 11) is -3.50. The molecule has 28 heavy (non-hydrogen) atoms. The van der Waals surface area contributed by atoms with Gasteiger partial charge in [0, 0.05) is 18.7 Å². The molecule has 1 aromatic rings. The Labute approximate surface area is 187 Å². The molecular formula is C19H35IN4O3S. The molecule has 0 aliphatic rings. The van der Waals surface area contributed by atoms with Crippen LogP contribution in [0.25, 0.3) is 0 Å². The van der Waals surface area contributed by atoms with Crippen molar-refractivity contribution in [3.05, 3.63) is 29.3 Å². The highest BCUT2D eigenvalue weighted by Crippen LogP contribution is 2.24. The molecule has 0 aromatic heterocycles. The van der Waals surface area contributed by atoms with Gasteiger partial charge in [0.15, 0.2) is 5.96 Å². The highest BCUT2D eigenvalue weighted by Gasteiger charge is 2.11. The minimum Gasteiger partial charge on any atom is -0.490 e. The van der Waals surface area contributed by atoms with E-state index in [1.54, 1.807) is 0 Å². The first-order chi connectivity index (χ1) is 12.6. The van der Waals surface area contributed by atoms with Gasteiger partial charge in [-0.3, -0.25) is 0 Å². The number of primary sulfonamides is 1. The van der Waals surface area contributed by atoms with Gasteiger partial charge < -0.3 is 15.4 Å². The minimum absolute atomic E-state index is 0. The van der Waals surface area contributed by atoms with E-state index in [-0.39, 0.29) is 42.4 Å². The lowest BCUT2D eigenvalue weighted by Crippen LogP contribution is -2.40. The van der Waals surface area contributed by atoms with Gasteiger partial charge in [-0.15, -0.1) is 24.0 Å². The third kappa shape index (κ3) is 11.7. The van der Waals surface area contributed by atoms with Crippen LogP contribution in [0.5, 0.6) is 5.75 Å². The maximum atomic E-state index is 11.1. The predicted octanol–water partition coefficient (Wildman–Crippen LogP) is 2.77. The highest BCUT2D eigenvalue weighted by atomic mass is 127. The zero-order valence-corrected chi connectivity index (χ0v) is 20.6. The van der Waals surface area contributed by atoms with Crippen LogP contribution in [-0.4, -0.2) is 39.3 Å². The number of hydrogen-bond donors (Lipinski definition) is 3. The summed E-state index contributed by atoms with van der Waals surface area (Å²) in [4.78, 5) is 4.54. The molecule has 0 saturated carbocycles. The molecule has 0 aliphatic heterocycles. The fourth-order valence-electron chi connectivity index (χ4n) is 2.65. The van der Waals surface area contributed by atoms with Crippen molar-refractivity contribution in [2.75, 3.05) is 18.8 Å². The van der Waals surface area contributed by atoms with Gasteiger partial charge >= 0.3 is 0 Å². The van der Waals surface area contributed by atoms with Gasteiger partial charge in [-0.1, -0.05) is 26.0 Å². The van der Waals surface area contributed by atoms with E-state index < -0.39 is 10.0 Å². The van der Waals surface area contributed by atoms with Crippen molar-refractivity contribution < 1.29 is 13.2 Å². The first-order valence-electron chi connectivity index (χ1n) is 9.39. The smallest absolute Gasteiger partial charge is 0.210 e. The zero-order chi connectivity index (χ0) is 20.4. The summed E-state index contributed by atoms with van der Waals surface area (Å²) in [5.41, 5.74) is 2.12. The van der Waals surface area contributed by atoms with Crippen molar-refractivity contribution in [3.63, 3.8) is 0 Å². The van der Waals surface area contributed by atoms with E-state index in [4.69, 9.17) is 9.88 Å². The van der Waals surface area contributed by atoms with Crippen LogP contribution in [0.2, 0.25) is 0 Å². The van der Waals surface area contributed by atoms with Crippen molar-refractivity contribution in [2.24, 2.45) is 16.0 Å². The number of sulfonamides is 1. The summed E-state index contributed by atoms with van der Waals surface area (Å²) < 4.78 is 28.3. The summed E-state index contributed by atoms with van der Waals surface area (Å²) in [6, 6.07) is 6.08. The summed E-state index contributed by atoms with van der Waals surface area (Å²) in [5, 5.41) is 11.1. The van der Waals surface area contributed by atoms with E-state index in [9.17, 15) is 8.42 Å². The third-order valence-electron chi connectivity index (χ3n) is 3.78. The Morgan fingerprint density at radius 3 is 2.50 bits per heavy atom. The molecule has 0 fully saturated rings. The van der Waals surface area contributed by atoms with Crippen LogP contribution in [0, 0.1) is 12.8 Å². The second-order valence-corrected chi connectivity index (χ2v) is 8.89. The van der Waals surface area contributed by atoms with Crippen LogP contribution in [0.4, 0.5) is 0 Å². The highest BCUT2D eigenvalue weighted by molar-refractivity contribution is 14.0. The fourth-order valence-corrected chi connectivity index (χ4v) is 3.04. The van der Waals surface area contributed by atoms with Crippen molar-refractivity contribution in [1.29, 1.82) is 0 Å². The van der Waals surface area contributed by atoms with Crippen LogP contribution in [0.1, 0.15) is 45.2 Å². The molecular weight excluding hydrogens is 491 g/mol. The minimum atomic E-state index is -3.50. The topological polar surface area (TPSA) is 106 Å². The number of benzene rings is 1. The van der Waals surface area contributed by atoms with Gasteiger partial charge in [-0.25, -0.2) is 18.5 Å². The maximum absolute atomic E-state index is 11.1. The lowest BCUT2D eigenvalue weighted by Gasteiger charge is -2.19. The molecule has 0 heterocycles. The molecule has 0 amide bonds. The molecule has 0 saturated heterocycles. The summed E-state index contributed by atoms with van der Waals surface area (Å²) in [5.74, 6) is 1.80. The fraction of sp³-hybridized carbons (Fsp3) is 0.632. The summed E-state index contributed by atoms with van der Waals surface area (Å²) in [6.45, 7) is 11.7. The Morgan fingerprint density at radius 1 is 1.25 bits per heavy atom. The SMILES string of the molecule is CCNC(=NCc1ccc(C)cc1OC(C)CC(C)C)NCCS(N)(=O)=O.I. The molecule has 7 nitrogen and oxygen atoms in total. The molecule has 4 N–H and O–H groups in total. The first kappa shape index (κ1) is 26.9. The molecule has 9 heteroatoms. The number of halogens is 1. The molecule has 0 aliphatic carbocycles. The summed E-state index contributed by atoms with van der Waals surface area (Å²) >= 11 is 0. The lowest BCUT2D eigenvalue weighted by atomic mass is 10.1. The van der Waals surface area contributed by atoms with Gasteiger partial charge in [0.25, 0.3) is 0 Å². The number of nitrogens with two attached hydrogens (primary N) is 1. The van der Waals surface area contributed by atoms with Gasteiger partial charge in [0.1, 0.15) is 5.75 Å². The Morgan fingerprint density at radius 2 is 1.93 bits per heavy atom. The predicted molar refractivity (Wildman–Crippen MR) is 127 cm³/mol.